The highest BCUT2D eigenvalue weighted by molar-refractivity contribution is 5.27. The molecule has 2 atom stereocenters. The Labute approximate surface area is 120 Å². The summed E-state index contributed by atoms with van der Waals surface area (Å²) in [5.41, 5.74) is 5.08. The van der Waals surface area contributed by atoms with Crippen LogP contribution in [0.5, 0.6) is 0 Å². The Hall–Kier alpha value is -1.01. The van der Waals surface area contributed by atoms with Crippen molar-refractivity contribution in [3.8, 4) is 0 Å². The molecule has 1 aliphatic rings. The summed E-state index contributed by atoms with van der Waals surface area (Å²) in [6.07, 6.45) is 0.811. The van der Waals surface area contributed by atoms with Gasteiger partial charge in [0.15, 0.2) is 0 Å². The Morgan fingerprint density at radius 1 is 1.40 bits per heavy atom. The van der Waals surface area contributed by atoms with E-state index >= 15 is 0 Å². The summed E-state index contributed by atoms with van der Waals surface area (Å²) in [7, 11) is 4.27. The SMILES string of the molecule is Cc1cc(F)ccc1CC(NN)C1CN(C)CCN1C. The molecule has 0 radical (unpaired) electrons. The maximum Gasteiger partial charge on any atom is 0.123 e. The molecule has 0 saturated carbocycles. The van der Waals surface area contributed by atoms with Crippen LogP contribution in [0.4, 0.5) is 4.39 Å². The van der Waals surface area contributed by atoms with Gasteiger partial charge in [-0.15, -0.1) is 0 Å². The van der Waals surface area contributed by atoms with E-state index in [0.717, 1.165) is 37.2 Å². The first-order valence-corrected chi connectivity index (χ1v) is 7.11. The molecule has 5 heteroatoms. The maximum atomic E-state index is 13.2. The van der Waals surface area contributed by atoms with E-state index in [4.69, 9.17) is 5.84 Å². The number of piperazine rings is 1. The Morgan fingerprint density at radius 2 is 2.15 bits per heavy atom. The molecule has 2 rings (SSSR count). The van der Waals surface area contributed by atoms with Crippen LogP contribution in [0.1, 0.15) is 11.1 Å². The summed E-state index contributed by atoms with van der Waals surface area (Å²) >= 11 is 0. The van der Waals surface area contributed by atoms with Gasteiger partial charge >= 0.3 is 0 Å². The normalized spacial score (nSPS) is 22.9. The molecule has 1 aliphatic heterocycles. The lowest BCUT2D eigenvalue weighted by atomic mass is 9.94. The summed E-state index contributed by atoms with van der Waals surface area (Å²) < 4.78 is 13.2. The predicted molar refractivity (Wildman–Crippen MR) is 79.9 cm³/mol. The number of hydrazine groups is 1. The number of hydrogen-bond acceptors (Lipinski definition) is 4. The van der Waals surface area contributed by atoms with Crippen LogP contribution in [0.3, 0.4) is 0 Å². The van der Waals surface area contributed by atoms with E-state index in [1.165, 1.54) is 6.07 Å². The first-order chi connectivity index (χ1) is 9.51. The molecule has 0 aromatic heterocycles. The van der Waals surface area contributed by atoms with Crippen molar-refractivity contribution in [3.05, 3.63) is 35.1 Å². The van der Waals surface area contributed by atoms with Gasteiger partial charge < -0.3 is 4.90 Å². The van der Waals surface area contributed by atoms with Crippen molar-refractivity contribution in [2.24, 2.45) is 5.84 Å². The number of rotatable bonds is 4. The minimum atomic E-state index is -0.182. The molecular formula is C15H25FN4. The average molecular weight is 280 g/mol. The van der Waals surface area contributed by atoms with Crippen LogP contribution in [0.15, 0.2) is 18.2 Å². The third-order valence-electron chi connectivity index (χ3n) is 4.32. The number of hydrogen-bond donors (Lipinski definition) is 2. The van der Waals surface area contributed by atoms with Crippen molar-refractivity contribution >= 4 is 0 Å². The van der Waals surface area contributed by atoms with Crippen molar-refractivity contribution in [3.63, 3.8) is 0 Å². The molecule has 1 aromatic carbocycles. The van der Waals surface area contributed by atoms with Gasteiger partial charge in [0.1, 0.15) is 5.82 Å². The third-order valence-corrected chi connectivity index (χ3v) is 4.32. The zero-order chi connectivity index (χ0) is 14.7. The van der Waals surface area contributed by atoms with Crippen molar-refractivity contribution in [1.29, 1.82) is 0 Å². The molecule has 20 heavy (non-hydrogen) atoms. The number of aryl methyl sites for hydroxylation is 1. The van der Waals surface area contributed by atoms with Crippen LogP contribution >= 0.6 is 0 Å². The van der Waals surface area contributed by atoms with Gasteiger partial charge in [0.2, 0.25) is 0 Å². The Bertz CT molecular complexity index is 451. The van der Waals surface area contributed by atoms with Crippen molar-refractivity contribution in [1.82, 2.24) is 15.2 Å². The van der Waals surface area contributed by atoms with Gasteiger partial charge in [0, 0.05) is 31.7 Å². The Kier molecular flexibility index (Phi) is 5.10. The van der Waals surface area contributed by atoms with Gasteiger partial charge in [-0.2, -0.15) is 0 Å². The fourth-order valence-electron chi connectivity index (χ4n) is 2.91. The van der Waals surface area contributed by atoms with E-state index in [9.17, 15) is 4.39 Å². The lowest BCUT2D eigenvalue weighted by molar-refractivity contribution is 0.0876. The van der Waals surface area contributed by atoms with E-state index in [1.54, 1.807) is 6.07 Å². The standard InChI is InChI=1S/C15H25FN4/c1-11-8-13(16)5-4-12(11)9-14(18-17)15-10-19(2)6-7-20(15)3/h4-5,8,14-15,18H,6-7,9-10,17H2,1-3H3. The minimum absolute atomic E-state index is 0.159. The van der Waals surface area contributed by atoms with Gasteiger partial charge in [-0.05, 0) is 50.7 Å². The van der Waals surface area contributed by atoms with Crippen molar-refractivity contribution < 1.29 is 4.39 Å². The fraction of sp³-hybridized carbons (Fsp3) is 0.600. The molecule has 1 heterocycles. The molecule has 4 nitrogen and oxygen atoms in total. The highest BCUT2D eigenvalue weighted by Gasteiger charge is 2.29. The second-order valence-electron chi connectivity index (χ2n) is 5.86. The molecule has 112 valence electrons. The molecule has 1 fully saturated rings. The fourth-order valence-corrected chi connectivity index (χ4v) is 2.91. The quantitative estimate of drug-likeness (QED) is 0.631. The number of nitrogens with one attached hydrogen (secondary N) is 1. The summed E-state index contributed by atoms with van der Waals surface area (Å²) in [5.74, 6) is 5.59. The Balaban J connectivity index is 2.11. The molecule has 0 spiro atoms. The second kappa shape index (κ2) is 6.63. The molecule has 1 aromatic rings. The molecule has 3 N–H and O–H groups in total. The van der Waals surface area contributed by atoms with E-state index in [2.05, 4.69) is 29.3 Å². The van der Waals surface area contributed by atoms with Crippen molar-refractivity contribution in [2.45, 2.75) is 25.4 Å². The van der Waals surface area contributed by atoms with Crippen molar-refractivity contribution in [2.75, 3.05) is 33.7 Å². The predicted octanol–water partition coefficient (Wildman–Crippen LogP) is 0.754. The first kappa shape index (κ1) is 15.4. The van der Waals surface area contributed by atoms with Gasteiger partial charge in [-0.25, -0.2) is 4.39 Å². The van der Waals surface area contributed by atoms with Crippen LogP contribution in [-0.2, 0) is 6.42 Å². The van der Waals surface area contributed by atoms with E-state index in [1.807, 2.05) is 13.0 Å². The first-order valence-electron chi connectivity index (χ1n) is 7.11. The van der Waals surface area contributed by atoms with Crippen LogP contribution in [0.2, 0.25) is 0 Å². The topological polar surface area (TPSA) is 44.5 Å². The van der Waals surface area contributed by atoms with Gasteiger partial charge in [0.25, 0.3) is 0 Å². The highest BCUT2D eigenvalue weighted by Crippen LogP contribution is 2.17. The largest absolute Gasteiger partial charge is 0.303 e. The average Bonchev–Trinajstić information content (AvgIpc) is 2.41. The molecule has 0 bridgehead atoms. The van der Waals surface area contributed by atoms with Crippen LogP contribution < -0.4 is 11.3 Å². The second-order valence-corrected chi connectivity index (χ2v) is 5.86. The van der Waals surface area contributed by atoms with Crippen LogP contribution in [0.25, 0.3) is 0 Å². The lowest BCUT2D eigenvalue weighted by Crippen LogP contribution is -2.60. The van der Waals surface area contributed by atoms with Crippen LogP contribution in [-0.4, -0.2) is 55.6 Å². The van der Waals surface area contributed by atoms with Crippen LogP contribution in [0, 0.1) is 12.7 Å². The molecule has 0 aliphatic carbocycles. The zero-order valence-electron chi connectivity index (χ0n) is 12.6. The smallest absolute Gasteiger partial charge is 0.123 e. The monoisotopic (exact) mass is 280 g/mol. The summed E-state index contributed by atoms with van der Waals surface area (Å²) in [5, 5.41) is 0. The molecule has 2 unspecified atom stereocenters. The third kappa shape index (κ3) is 3.55. The summed E-state index contributed by atoms with van der Waals surface area (Å²) in [6, 6.07) is 5.49. The number of benzene rings is 1. The highest BCUT2D eigenvalue weighted by atomic mass is 19.1. The number of halogens is 1. The van der Waals surface area contributed by atoms with Gasteiger partial charge in [-0.3, -0.25) is 16.2 Å². The summed E-state index contributed by atoms with van der Waals surface area (Å²) in [4.78, 5) is 4.68. The zero-order valence-corrected chi connectivity index (χ0v) is 12.6. The van der Waals surface area contributed by atoms with E-state index in [0.29, 0.717) is 6.04 Å². The molecular weight excluding hydrogens is 255 g/mol. The maximum absolute atomic E-state index is 13.2. The molecule has 1 saturated heterocycles. The van der Waals surface area contributed by atoms with E-state index in [-0.39, 0.29) is 11.9 Å². The van der Waals surface area contributed by atoms with E-state index < -0.39 is 0 Å². The summed E-state index contributed by atoms with van der Waals surface area (Å²) in [6.45, 7) is 5.07. The number of nitrogens with zero attached hydrogens (tertiary/aromatic N) is 2. The van der Waals surface area contributed by atoms with Gasteiger partial charge in [-0.1, -0.05) is 6.07 Å². The lowest BCUT2D eigenvalue weighted by Gasteiger charge is -2.41. The number of likely N-dealkylation sites (N-methyl/N-ethyl adjacent to an activating group) is 2. The number of nitrogens with two attached hydrogens (primary N) is 1. The minimum Gasteiger partial charge on any atom is -0.303 e. The molecule has 0 amide bonds. The van der Waals surface area contributed by atoms with Gasteiger partial charge in [0.05, 0.1) is 0 Å². The Morgan fingerprint density at radius 3 is 2.80 bits per heavy atom.